The molecule has 3 nitrogen and oxygen atoms in total. The fourth-order valence-corrected chi connectivity index (χ4v) is 7.25. The maximum absolute atomic E-state index is 14.5. The molecule has 1 aromatic heterocycles. The smallest absolute Gasteiger partial charge is 0.194 e. The zero-order valence-electron chi connectivity index (χ0n) is 27.2. The van der Waals surface area contributed by atoms with E-state index in [1.54, 1.807) is 0 Å². The molecule has 0 bridgehead atoms. The number of ketones is 2. The molecule has 1 atom stereocenters. The lowest BCUT2D eigenvalue weighted by Crippen LogP contribution is -2.11. The Morgan fingerprint density at radius 3 is 2.11 bits per heavy atom. The lowest BCUT2D eigenvalue weighted by Gasteiger charge is -2.19. The first-order chi connectivity index (χ1) is 21.8. The van der Waals surface area contributed by atoms with Gasteiger partial charge in [0, 0.05) is 51.3 Å². The van der Waals surface area contributed by atoms with Crippen molar-refractivity contribution in [2.24, 2.45) is 5.92 Å². The molecule has 0 amide bonds. The molecule has 0 aliphatic carbocycles. The van der Waals surface area contributed by atoms with Gasteiger partial charge in [0.2, 0.25) is 0 Å². The molecule has 45 heavy (non-hydrogen) atoms. The van der Waals surface area contributed by atoms with Crippen molar-refractivity contribution in [3.05, 3.63) is 130 Å². The lowest BCUT2D eigenvalue weighted by molar-refractivity contribution is 0.0991. The third-order valence-electron chi connectivity index (χ3n) is 9.53. The number of rotatable bonds is 11. The summed E-state index contributed by atoms with van der Waals surface area (Å²) in [6.45, 7) is 11.6. The van der Waals surface area contributed by atoms with Crippen LogP contribution in [0.15, 0.2) is 91.0 Å². The molecule has 0 aliphatic heterocycles. The van der Waals surface area contributed by atoms with Crippen molar-refractivity contribution < 1.29 is 9.59 Å². The lowest BCUT2D eigenvalue weighted by atomic mass is 9.89. The predicted molar refractivity (Wildman–Crippen MR) is 189 cm³/mol. The maximum Gasteiger partial charge on any atom is 0.194 e. The number of carbonyl (C=O) groups excluding carboxylic acids is 2. The number of hydrogen-bond donors (Lipinski definition) is 0. The maximum atomic E-state index is 14.5. The van der Waals surface area contributed by atoms with Gasteiger partial charge in [0.25, 0.3) is 0 Å². The molecular formula is C42H43NO2. The molecule has 6 aromatic rings. The molecule has 6 rings (SSSR count). The van der Waals surface area contributed by atoms with Gasteiger partial charge in [-0.2, -0.15) is 0 Å². The zero-order chi connectivity index (χ0) is 31.7. The van der Waals surface area contributed by atoms with E-state index in [2.05, 4.69) is 73.9 Å². The molecular weight excluding hydrogens is 550 g/mol. The molecule has 1 unspecified atom stereocenters. The van der Waals surface area contributed by atoms with Gasteiger partial charge in [-0.15, -0.1) is 0 Å². The van der Waals surface area contributed by atoms with Crippen molar-refractivity contribution in [3.8, 4) is 0 Å². The molecule has 0 spiro atoms. The Balaban J connectivity index is 1.61. The van der Waals surface area contributed by atoms with Crippen molar-refractivity contribution >= 4 is 44.1 Å². The van der Waals surface area contributed by atoms with Crippen molar-refractivity contribution in [3.63, 3.8) is 0 Å². The summed E-state index contributed by atoms with van der Waals surface area (Å²) in [6, 6.07) is 30.8. The van der Waals surface area contributed by atoms with Gasteiger partial charge in [0.05, 0.1) is 5.52 Å². The molecule has 3 heteroatoms. The van der Waals surface area contributed by atoms with Crippen LogP contribution < -0.4 is 0 Å². The van der Waals surface area contributed by atoms with Gasteiger partial charge in [-0.05, 0) is 79.5 Å². The summed E-state index contributed by atoms with van der Waals surface area (Å²) in [4.78, 5) is 28.0. The highest BCUT2D eigenvalue weighted by Gasteiger charge is 2.23. The summed E-state index contributed by atoms with van der Waals surface area (Å²) >= 11 is 0. The third-order valence-corrected chi connectivity index (χ3v) is 9.53. The second-order valence-electron chi connectivity index (χ2n) is 12.8. The standard InChI is InChI=1S/C42H43NO2/c1-6-8-14-30(7-2)26-43-38-20-19-32(39(44)23-31-15-10-9-11-16-31)24-35(38)36-25-37(33-17-12-13-18-34(33)41(36)43)42(45)40-28(4)21-27(3)22-29(40)5/h9-13,15-22,24-25,30H,6-8,14,23,26H2,1-5H3. The van der Waals surface area contributed by atoms with Crippen LogP contribution in [0.3, 0.4) is 0 Å². The zero-order valence-corrected chi connectivity index (χ0v) is 27.2. The second kappa shape index (κ2) is 12.9. The number of carbonyl (C=O) groups is 2. The van der Waals surface area contributed by atoms with E-state index in [4.69, 9.17) is 0 Å². The van der Waals surface area contributed by atoms with Gasteiger partial charge in [-0.3, -0.25) is 9.59 Å². The number of aromatic nitrogens is 1. The van der Waals surface area contributed by atoms with E-state index >= 15 is 0 Å². The highest BCUT2D eigenvalue weighted by atomic mass is 16.1. The third kappa shape index (κ3) is 5.84. The number of Topliss-reactive ketones (excluding diaryl/α,β-unsaturated/α-hetero) is 1. The van der Waals surface area contributed by atoms with Crippen LogP contribution in [0.5, 0.6) is 0 Å². The van der Waals surface area contributed by atoms with Crippen LogP contribution in [0.2, 0.25) is 0 Å². The van der Waals surface area contributed by atoms with Crippen molar-refractivity contribution in [2.75, 3.05) is 0 Å². The average Bonchev–Trinajstić information content (AvgIpc) is 3.35. The van der Waals surface area contributed by atoms with E-state index in [1.165, 1.54) is 19.3 Å². The Morgan fingerprint density at radius 2 is 1.42 bits per heavy atom. The summed E-state index contributed by atoms with van der Waals surface area (Å²) < 4.78 is 2.47. The number of aryl methyl sites for hydroxylation is 3. The number of nitrogens with zero attached hydrogens (tertiary/aromatic N) is 1. The quantitative estimate of drug-likeness (QED) is 0.140. The Labute approximate surface area is 266 Å². The van der Waals surface area contributed by atoms with Gasteiger partial charge in [0.15, 0.2) is 11.6 Å². The molecule has 0 fully saturated rings. The van der Waals surface area contributed by atoms with Crippen molar-refractivity contribution in [2.45, 2.75) is 73.3 Å². The van der Waals surface area contributed by atoms with E-state index in [1.807, 2.05) is 56.3 Å². The second-order valence-corrected chi connectivity index (χ2v) is 12.8. The van der Waals surface area contributed by atoms with Gasteiger partial charge < -0.3 is 4.57 Å². The molecule has 0 saturated heterocycles. The summed E-state index contributed by atoms with van der Waals surface area (Å²) in [5, 5.41) is 4.13. The van der Waals surface area contributed by atoms with Crippen LogP contribution in [0.4, 0.5) is 0 Å². The highest BCUT2D eigenvalue weighted by Crippen LogP contribution is 2.39. The van der Waals surface area contributed by atoms with Crippen molar-refractivity contribution in [1.82, 2.24) is 4.57 Å². The molecule has 0 saturated carbocycles. The number of hydrogen-bond acceptors (Lipinski definition) is 2. The van der Waals surface area contributed by atoms with Crippen LogP contribution >= 0.6 is 0 Å². The summed E-state index contributed by atoms with van der Waals surface area (Å²) in [5.74, 6) is 0.692. The Hall–Kier alpha value is -4.50. The van der Waals surface area contributed by atoms with E-state index in [0.29, 0.717) is 23.5 Å². The largest absolute Gasteiger partial charge is 0.340 e. The monoisotopic (exact) mass is 593 g/mol. The van der Waals surface area contributed by atoms with E-state index < -0.39 is 0 Å². The number of benzene rings is 5. The molecule has 0 radical (unpaired) electrons. The van der Waals surface area contributed by atoms with E-state index in [-0.39, 0.29) is 11.6 Å². The molecule has 228 valence electrons. The normalized spacial score (nSPS) is 12.3. The minimum absolute atomic E-state index is 0.0506. The average molecular weight is 594 g/mol. The first-order valence-electron chi connectivity index (χ1n) is 16.5. The molecule has 0 N–H and O–H groups in total. The minimum Gasteiger partial charge on any atom is -0.340 e. The minimum atomic E-state index is 0.0506. The first kappa shape index (κ1) is 30.5. The highest BCUT2D eigenvalue weighted by molar-refractivity contribution is 6.26. The Bertz CT molecular complexity index is 2020. The predicted octanol–water partition coefficient (Wildman–Crippen LogP) is 10.7. The number of unbranched alkanes of at least 4 members (excludes halogenated alkanes) is 1. The Kier molecular flexibility index (Phi) is 8.72. The SMILES string of the molecule is CCCCC(CC)Cn1c2ccc(C(=O)Cc3ccccc3)cc2c2cc(C(=O)c3c(C)cc(C)cc3C)c3ccccc3c21. The van der Waals surface area contributed by atoms with Crippen molar-refractivity contribution in [1.29, 1.82) is 0 Å². The fraction of sp³-hybridized carbons (Fsp3) is 0.286. The summed E-state index contributed by atoms with van der Waals surface area (Å²) in [5.41, 5.74) is 8.63. The van der Waals surface area contributed by atoms with E-state index in [0.717, 1.165) is 73.4 Å². The van der Waals surface area contributed by atoms with Crippen LogP contribution in [0.25, 0.3) is 32.6 Å². The fourth-order valence-electron chi connectivity index (χ4n) is 7.25. The summed E-state index contributed by atoms with van der Waals surface area (Å²) in [7, 11) is 0. The van der Waals surface area contributed by atoms with Crippen LogP contribution in [0, 0.1) is 26.7 Å². The van der Waals surface area contributed by atoms with Gasteiger partial charge in [-0.25, -0.2) is 0 Å². The molecule has 5 aromatic carbocycles. The van der Waals surface area contributed by atoms with E-state index in [9.17, 15) is 9.59 Å². The van der Waals surface area contributed by atoms with Gasteiger partial charge in [0.1, 0.15) is 0 Å². The van der Waals surface area contributed by atoms with Crippen LogP contribution in [0.1, 0.15) is 88.1 Å². The summed E-state index contributed by atoms with van der Waals surface area (Å²) in [6.07, 6.45) is 5.04. The van der Waals surface area contributed by atoms with Crippen LogP contribution in [-0.4, -0.2) is 16.1 Å². The topological polar surface area (TPSA) is 39.1 Å². The molecule has 1 heterocycles. The van der Waals surface area contributed by atoms with Crippen LogP contribution in [-0.2, 0) is 13.0 Å². The molecule has 0 aliphatic rings. The first-order valence-corrected chi connectivity index (χ1v) is 16.5. The number of fused-ring (bicyclic) bond motifs is 5. The Morgan fingerprint density at radius 1 is 0.733 bits per heavy atom. The van der Waals surface area contributed by atoms with Gasteiger partial charge >= 0.3 is 0 Å². The van der Waals surface area contributed by atoms with Gasteiger partial charge in [-0.1, -0.05) is 105 Å².